The summed E-state index contributed by atoms with van der Waals surface area (Å²) in [6.07, 6.45) is 0.718. The molecule has 0 saturated carbocycles. The van der Waals surface area contributed by atoms with Crippen molar-refractivity contribution >= 4 is 17.0 Å². The van der Waals surface area contributed by atoms with E-state index in [2.05, 4.69) is 4.98 Å². The number of carboxylic acids is 1. The summed E-state index contributed by atoms with van der Waals surface area (Å²) in [6.45, 7) is 1.11. The summed E-state index contributed by atoms with van der Waals surface area (Å²) in [4.78, 5) is 13.9. The predicted octanol–water partition coefficient (Wildman–Crippen LogP) is 2.62. The maximum atomic E-state index is 10.9. The first kappa shape index (κ1) is 14.9. The van der Waals surface area contributed by atoms with Crippen LogP contribution in [-0.2, 0) is 6.54 Å². The van der Waals surface area contributed by atoms with Crippen LogP contribution in [0.25, 0.3) is 11.0 Å². The van der Waals surface area contributed by atoms with Gasteiger partial charge in [0.15, 0.2) is 5.62 Å². The molecule has 6 heteroatoms. The molecule has 0 amide bonds. The second-order valence-electron chi connectivity index (χ2n) is 5.18. The Bertz CT molecular complexity index is 895. The van der Waals surface area contributed by atoms with Crippen LogP contribution in [0.1, 0.15) is 16.8 Å². The van der Waals surface area contributed by atoms with Gasteiger partial charge in [0.2, 0.25) is 0 Å². The monoisotopic (exact) mass is 311 g/mol. The summed E-state index contributed by atoms with van der Waals surface area (Å²) >= 11 is 0. The van der Waals surface area contributed by atoms with Gasteiger partial charge in [0.25, 0.3) is 0 Å². The minimum atomic E-state index is -0.969. The molecule has 0 spiro atoms. The van der Waals surface area contributed by atoms with Gasteiger partial charge in [-0.05, 0) is 36.8 Å². The summed E-state index contributed by atoms with van der Waals surface area (Å²) in [5.74, 6) is -0.427. The maximum Gasteiger partial charge on any atom is 0.335 e. The van der Waals surface area contributed by atoms with Crippen LogP contribution in [0.2, 0.25) is 0 Å². The number of aromatic nitrogens is 2. The molecule has 118 valence electrons. The van der Waals surface area contributed by atoms with E-state index in [0.717, 1.165) is 17.5 Å². The highest BCUT2D eigenvalue weighted by atomic mass is 16.5. The van der Waals surface area contributed by atoms with Crippen molar-refractivity contribution in [2.75, 3.05) is 6.61 Å². The number of rotatable bonds is 6. The number of hydrogen-bond acceptors (Lipinski definition) is 3. The number of aryl methyl sites for hydroxylation is 1. The first-order chi connectivity index (χ1) is 11.1. The van der Waals surface area contributed by atoms with Gasteiger partial charge >= 0.3 is 5.97 Å². The molecule has 0 atom stereocenters. The number of aromatic carboxylic acids is 1. The second-order valence-corrected chi connectivity index (χ2v) is 5.18. The second kappa shape index (κ2) is 6.39. The molecule has 2 aromatic carbocycles. The lowest BCUT2D eigenvalue weighted by atomic mass is 10.2. The highest BCUT2D eigenvalue weighted by Gasteiger charge is 2.05. The molecule has 3 rings (SSSR count). The third-order valence-electron chi connectivity index (χ3n) is 3.59. The van der Waals surface area contributed by atoms with Gasteiger partial charge < -0.3 is 19.4 Å². The van der Waals surface area contributed by atoms with Crippen LogP contribution in [0, 0.1) is 5.41 Å². The molecule has 0 unspecified atom stereocenters. The van der Waals surface area contributed by atoms with Crippen LogP contribution in [-0.4, -0.2) is 27.2 Å². The van der Waals surface area contributed by atoms with E-state index in [-0.39, 0.29) is 5.56 Å². The van der Waals surface area contributed by atoms with Gasteiger partial charge in [-0.1, -0.05) is 18.2 Å². The quantitative estimate of drug-likeness (QED) is 0.611. The van der Waals surface area contributed by atoms with Crippen LogP contribution in [0.4, 0.5) is 0 Å². The highest BCUT2D eigenvalue weighted by molar-refractivity contribution is 5.88. The minimum absolute atomic E-state index is 0.210. The van der Waals surface area contributed by atoms with Crippen LogP contribution < -0.4 is 10.4 Å². The van der Waals surface area contributed by atoms with Gasteiger partial charge in [-0.25, -0.2) is 4.79 Å². The van der Waals surface area contributed by atoms with Crippen molar-refractivity contribution in [1.82, 2.24) is 9.55 Å². The third-order valence-corrected chi connectivity index (χ3v) is 3.59. The average molecular weight is 311 g/mol. The number of fused-ring (bicyclic) bond motifs is 1. The van der Waals surface area contributed by atoms with E-state index < -0.39 is 5.97 Å². The molecule has 0 fully saturated rings. The lowest BCUT2D eigenvalue weighted by Gasteiger charge is -2.08. The van der Waals surface area contributed by atoms with E-state index in [4.69, 9.17) is 15.3 Å². The van der Waals surface area contributed by atoms with Gasteiger partial charge in [-0.2, -0.15) is 0 Å². The summed E-state index contributed by atoms with van der Waals surface area (Å²) < 4.78 is 7.49. The number of H-pyrrole nitrogens is 1. The number of benzene rings is 2. The first-order valence-corrected chi connectivity index (χ1v) is 7.33. The molecule has 1 aromatic heterocycles. The van der Waals surface area contributed by atoms with E-state index in [0.29, 0.717) is 24.5 Å². The van der Waals surface area contributed by atoms with Crippen LogP contribution in [0.3, 0.4) is 0 Å². The third kappa shape index (κ3) is 3.26. The summed E-state index contributed by atoms with van der Waals surface area (Å²) in [5, 5.41) is 16.9. The zero-order valence-corrected chi connectivity index (χ0v) is 12.5. The molecule has 0 aliphatic heterocycles. The van der Waals surface area contributed by atoms with Gasteiger partial charge in [-0.15, -0.1) is 0 Å². The van der Waals surface area contributed by atoms with Crippen LogP contribution in [0.5, 0.6) is 5.75 Å². The molecule has 3 N–H and O–H groups in total. The molecule has 0 aliphatic rings. The maximum absolute atomic E-state index is 10.9. The number of ether oxygens (including phenoxy) is 1. The van der Waals surface area contributed by atoms with E-state index in [1.807, 2.05) is 28.8 Å². The lowest BCUT2D eigenvalue weighted by Crippen LogP contribution is -2.18. The largest absolute Gasteiger partial charge is 0.494 e. The summed E-state index contributed by atoms with van der Waals surface area (Å²) in [7, 11) is 0. The number of hydrogen-bond donors (Lipinski definition) is 3. The van der Waals surface area contributed by atoms with E-state index in [1.165, 1.54) is 12.1 Å². The number of carbonyl (C=O) groups is 1. The smallest absolute Gasteiger partial charge is 0.335 e. The molecule has 0 radical (unpaired) electrons. The standard InChI is InChI=1S/C17H17N3O3/c18-17-19-14-7-1-2-8-15(14)20(17)9-4-10-23-13-6-3-5-12(11-13)16(21)22/h1-3,5-8,11H,4,9-10H2,(H2,18,19)(H,21,22). The fourth-order valence-electron chi connectivity index (χ4n) is 2.49. The molecule has 0 aliphatic carbocycles. The molecule has 0 saturated heterocycles. The van der Waals surface area contributed by atoms with Gasteiger partial charge in [0.05, 0.1) is 23.2 Å². The molecular formula is C17H17N3O3. The fourth-order valence-corrected chi connectivity index (χ4v) is 2.49. The predicted molar refractivity (Wildman–Crippen MR) is 85.7 cm³/mol. The minimum Gasteiger partial charge on any atom is -0.494 e. The molecule has 1 heterocycles. The number of aromatic amines is 1. The van der Waals surface area contributed by atoms with E-state index >= 15 is 0 Å². The Balaban J connectivity index is 1.61. The average Bonchev–Trinajstić information content (AvgIpc) is 2.87. The Labute approximate surface area is 132 Å². The van der Waals surface area contributed by atoms with E-state index in [1.54, 1.807) is 12.1 Å². The molecular weight excluding hydrogens is 294 g/mol. The SMILES string of the molecule is N=c1[nH]c2ccccc2n1CCCOc1cccc(C(=O)O)c1. The lowest BCUT2D eigenvalue weighted by molar-refractivity contribution is 0.0696. The molecule has 6 nitrogen and oxygen atoms in total. The fraction of sp³-hybridized carbons (Fsp3) is 0.176. The Morgan fingerprint density at radius 3 is 2.87 bits per heavy atom. The van der Waals surface area contributed by atoms with Gasteiger partial charge in [0.1, 0.15) is 5.75 Å². The Morgan fingerprint density at radius 2 is 2.04 bits per heavy atom. The van der Waals surface area contributed by atoms with Crippen LogP contribution >= 0.6 is 0 Å². The van der Waals surface area contributed by atoms with Gasteiger partial charge in [-0.3, -0.25) is 5.41 Å². The van der Waals surface area contributed by atoms with Crippen molar-refractivity contribution in [2.45, 2.75) is 13.0 Å². The molecule has 0 bridgehead atoms. The highest BCUT2D eigenvalue weighted by Crippen LogP contribution is 2.14. The van der Waals surface area contributed by atoms with Crippen LogP contribution in [0.15, 0.2) is 48.5 Å². The number of nitrogens with zero attached hydrogens (tertiary/aromatic N) is 1. The number of para-hydroxylation sites is 2. The Hall–Kier alpha value is -3.02. The van der Waals surface area contributed by atoms with Crippen molar-refractivity contribution < 1.29 is 14.6 Å². The number of carboxylic acid groups (broad SMARTS) is 1. The number of nitrogens with one attached hydrogen (secondary N) is 2. The Morgan fingerprint density at radius 1 is 1.22 bits per heavy atom. The van der Waals surface area contributed by atoms with Gasteiger partial charge in [0, 0.05) is 6.54 Å². The van der Waals surface area contributed by atoms with Crippen molar-refractivity contribution in [3.8, 4) is 5.75 Å². The zero-order chi connectivity index (χ0) is 16.2. The first-order valence-electron chi connectivity index (χ1n) is 7.33. The zero-order valence-electron chi connectivity index (χ0n) is 12.5. The summed E-state index contributed by atoms with van der Waals surface area (Å²) in [6, 6.07) is 14.2. The molecule has 23 heavy (non-hydrogen) atoms. The Kier molecular flexibility index (Phi) is 4.14. The normalized spacial score (nSPS) is 10.8. The summed E-state index contributed by atoms with van der Waals surface area (Å²) in [5.41, 5.74) is 2.50. The van der Waals surface area contributed by atoms with Crippen molar-refractivity contribution in [1.29, 1.82) is 5.41 Å². The molecule has 3 aromatic rings. The van der Waals surface area contributed by atoms with Crippen molar-refractivity contribution in [3.05, 3.63) is 59.7 Å². The topological polar surface area (TPSA) is 91.1 Å². The van der Waals surface area contributed by atoms with Crippen molar-refractivity contribution in [2.24, 2.45) is 0 Å². The van der Waals surface area contributed by atoms with Crippen molar-refractivity contribution in [3.63, 3.8) is 0 Å². The number of imidazole rings is 1. The van der Waals surface area contributed by atoms with E-state index in [9.17, 15) is 4.79 Å².